The quantitative estimate of drug-likeness (QED) is 0.648. The van der Waals surface area contributed by atoms with Gasteiger partial charge in [0.05, 0.1) is 32.1 Å². The summed E-state index contributed by atoms with van der Waals surface area (Å²) >= 11 is 0. The van der Waals surface area contributed by atoms with Gasteiger partial charge in [-0.15, -0.1) is 0 Å². The van der Waals surface area contributed by atoms with Crippen LogP contribution in [0.1, 0.15) is 24.0 Å². The van der Waals surface area contributed by atoms with E-state index in [0.29, 0.717) is 36.6 Å². The lowest BCUT2D eigenvalue weighted by Crippen LogP contribution is -2.45. The van der Waals surface area contributed by atoms with E-state index in [1.807, 2.05) is 6.92 Å². The number of carbonyl (C=O) groups is 1. The highest BCUT2D eigenvalue weighted by Crippen LogP contribution is 2.38. The zero-order valence-corrected chi connectivity index (χ0v) is 19.7. The van der Waals surface area contributed by atoms with Gasteiger partial charge in [0.25, 0.3) is 0 Å². The predicted molar refractivity (Wildman–Crippen MR) is 121 cm³/mol. The van der Waals surface area contributed by atoms with E-state index >= 15 is 0 Å². The zero-order valence-electron chi connectivity index (χ0n) is 18.9. The molecule has 1 aliphatic rings. The van der Waals surface area contributed by atoms with Gasteiger partial charge in [-0.3, -0.25) is 4.79 Å². The molecule has 0 aliphatic carbocycles. The summed E-state index contributed by atoms with van der Waals surface area (Å²) in [6.45, 7) is 2.74. The van der Waals surface area contributed by atoms with E-state index in [1.165, 1.54) is 25.6 Å². The van der Waals surface area contributed by atoms with Crippen LogP contribution in [0.15, 0.2) is 41.3 Å². The summed E-state index contributed by atoms with van der Waals surface area (Å²) < 4.78 is 43.4. The summed E-state index contributed by atoms with van der Waals surface area (Å²) in [5, 5.41) is 2.92. The Hall–Kier alpha value is -2.78. The Morgan fingerprint density at radius 3 is 2.25 bits per heavy atom. The second kappa shape index (κ2) is 10.2. The minimum absolute atomic E-state index is 0.164. The van der Waals surface area contributed by atoms with Crippen molar-refractivity contribution in [2.45, 2.75) is 31.2 Å². The van der Waals surface area contributed by atoms with E-state index in [-0.39, 0.29) is 23.9 Å². The second-order valence-corrected chi connectivity index (χ2v) is 9.70. The van der Waals surface area contributed by atoms with Crippen LogP contribution in [-0.2, 0) is 21.4 Å². The summed E-state index contributed by atoms with van der Waals surface area (Å²) in [5.41, 5.74) is 1.78. The molecule has 8 nitrogen and oxygen atoms in total. The third-order valence-electron chi connectivity index (χ3n) is 5.60. The van der Waals surface area contributed by atoms with Crippen LogP contribution in [0, 0.1) is 12.8 Å². The summed E-state index contributed by atoms with van der Waals surface area (Å²) in [4.78, 5) is 13.1. The Morgan fingerprint density at radius 2 is 1.69 bits per heavy atom. The van der Waals surface area contributed by atoms with E-state index in [4.69, 9.17) is 14.2 Å². The number of benzene rings is 2. The van der Waals surface area contributed by atoms with Crippen LogP contribution in [0.3, 0.4) is 0 Å². The number of methoxy groups -OCH3 is 3. The highest BCUT2D eigenvalue weighted by atomic mass is 32.2. The maximum atomic E-state index is 13.0. The van der Waals surface area contributed by atoms with Crippen molar-refractivity contribution in [2.24, 2.45) is 5.92 Å². The molecule has 1 heterocycles. The molecule has 32 heavy (non-hydrogen) atoms. The Balaban J connectivity index is 1.68. The molecule has 0 spiro atoms. The van der Waals surface area contributed by atoms with Crippen LogP contribution >= 0.6 is 0 Å². The SMILES string of the molecule is COc1cc(CNC(=O)[C@H]2CCCN(S(=O)(=O)c3ccc(C)cc3)C2)cc(OC)c1OC. The van der Waals surface area contributed by atoms with Crippen LogP contribution in [-0.4, -0.2) is 53.0 Å². The molecule has 1 amide bonds. The van der Waals surface area contributed by atoms with Gasteiger partial charge in [-0.1, -0.05) is 17.7 Å². The molecule has 1 fully saturated rings. The normalized spacial score (nSPS) is 16.9. The van der Waals surface area contributed by atoms with Crippen molar-refractivity contribution >= 4 is 15.9 Å². The van der Waals surface area contributed by atoms with E-state index in [9.17, 15) is 13.2 Å². The van der Waals surface area contributed by atoms with Crippen molar-refractivity contribution in [3.05, 3.63) is 47.5 Å². The first-order chi connectivity index (χ1) is 15.3. The van der Waals surface area contributed by atoms with Gasteiger partial charge in [-0.25, -0.2) is 8.42 Å². The molecule has 2 aromatic carbocycles. The van der Waals surface area contributed by atoms with E-state index in [1.54, 1.807) is 36.4 Å². The molecule has 174 valence electrons. The number of piperidine rings is 1. The average molecular weight is 463 g/mol. The standard InChI is InChI=1S/C23H30N2O6S/c1-16-7-9-19(10-8-16)32(27,28)25-11-5-6-18(15-25)23(26)24-14-17-12-20(29-2)22(31-4)21(13-17)30-3/h7-10,12-13,18H,5-6,11,14-15H2,1-4H3,(H,24,26)/t18-/m0/s1. The lowest BCUT2D eigenvalue weighted by molar-refractivity contribution is -0.126. The van der Waals surface area contributed by atoms with Gasteiger partial charge in [-0.2, -0.15) is 4.31 Å². The molecule has 1 atom stereocenters. The number of ether oxygens (including phenoxy) is 3. The number of nitrogens with zero attached hydrogens (tertiary/aromatic N) is 1. The van der Waals surface area contributed by atoms with Crippen LogP contribution in [0.5, 0.6) is 17.2 Å². The third-order valence-corrected chi connectivity index (χ3v) is 7.48. The number of sulfonamides is 1. The first-order valence-electron chi connectivity index (χ1n) is 10.4. The Kier molecular flexibility index (Phi) is 7.63. The topological polar surface area (TPSA) is 94.2 Å². The maximum Gasteiger partial charge on any atom is 0.243 e. The molecule has 1 saturated heterocycles. The minimum atomic E-state index is -3.63. The monoisotopic (exact) mass is 462 g/mol. The molecule has 2 aromatic rings. The van der Waals surface area contributed by atoms with Crippen molar-refractivity contribution in [3.63, 3.8) is 0 Å². The first-order valence-corrected chi connectivity index (χ1v) is 11.9. The maximum absolute atomic E-state index is 13.0. The van der Waals surface area contributed by atoms with Gasteiger partial charge in [0.2, 0.25) is 21.7 Å². The molecule has 0 radical (unpaired) electrons. The summed E-state index contributed by atoms with van der Waals surface area (Å²) in [5.74, 6) is 0.899. The number of aryl methyl sites for hydroxylation is 1. The number of rotatable bonds is 8. The fraction of sp³-hybridized carbons (Fsp3) is 0.435. The molecule has 0 bridgehead atoms. The van der Waals surface area contributed by atoms with E-state index in [2.05, 4.69) is 5.32 Å². The fourth-order valence-corrected chi connectivity index (χ4v) is 5.33. The molecular weight excluding hydrogens is 432 g/mol. The molecule has 3 rings (SSSR count). The van der Waals surface area contributed by atoms with Crippen LogP contribution in [0.2, 0.25) is 0 Å². The number of hydrogen-bond donors (Lipinski definition) is 1. The molecule has 0 aromatic heterocycles. The van der Waals surface area contributed by atoms with Crippen molar-refractivity contribution in [3.8, 4) is 17.2 Å². The Labute approximate surface area is 189 Å². The van der Waals surface area contributed by atoms with E-state index in [0.717, 1.165) is 11.1 Å². The van der Waals surface area contributed by atoms with E-state index < -0.39 is 15.9 Å². The minimum Gasteiger partial charge on any atom is -0.493 e. The van der Waals surface area contributed by atoms with Crippen molar-refractivity contribution in [1.29, 1.82) is 0 Å². The van der Waals surface area contributed by atoms with Gasteiger partial charge >= 0.3 is 0 Å². The number of amides is 1. The Morgan fingerprint density at radius 1 is 1.06 bits per heavy atom. The molecule has 1 aliphatic heterocycles. The van der Waals surface area contributed by atoms with Crippen molar-refractivity contribution in [2.75, 3.05) is 34.4 Å². The summed E-state index contributed by atoms with van der Waals surface area (Å²) in [6, 6.07) is 10.3. The van der Waals surface area contributed by atoms with Gasteiger partial charge in [0.15, 0.2) is 11.5 Å². The number of hydrogen-bond acceptors (Lipinski definition) is 6. The molecule has 0 unspecified atom stereocenters. The van der Waals surface area contributed by atoms with Gasteiger partial charge in [-0.05, 0) is 49.6 Å². The lowest BCUT2D eigenvalue weighted by Gasteiger charge is -2.31. The van der Waals surface area contributed by atoms with Crippen molar-refractivity contribution < 1.29 is 27.4 Å². The van der Waals surface area contributed by atoms with Gasteiger partial charge < -0.3 is 19.5 Å². The molecular formula is C23H30N2O6S. The molecule has 9 heteroatoms. The smallest absolute Gasteiger partial charge is 0.243 e. The Bertz CT molecular complexity index is 1030. The van der Waals surface area contributed by atoms with Crippen LogP contribution < -0.4 is 19.5 Å². The zero-order chi connectivity index (χ0) is 23.3. The predicted octanol–water partition coefficient (Wildman–Crippen LogP) is 2.74. The average Bonchev–Trinajstić information content (AvgIpc) is 2.82. The first kappa shape index (κ1) is 23.9. The number of nitrogens with one attached hydrogen (secondary N) is 1. The summed E-state index contributed by atoms with van der Waals surface area (Å²) in [6.07, 6.45) is 1.27. The fourth-order valence-electron chi connectivity index (χ4n) is 3.81. The highest BCUT2D eigenvalue weighted by Gasteiger charge is 2.33. The third kappa shape index (κ3) is 5.16. The largest absolute Gasteiger partial charge is 0.493 e. The molecule has 1 N–H and O–H groups in total. The number of carbonyl (C=O) groups excluding carboxylic acids is 1. The molecule has 0 saturated carbocycles. The lowest BCUT2D eigenvalue weighted by atomic mass is 9.98. The van der Waals surface area contributed by atoms with Crippen LogP contribution in [0.4, 0.5) is 0 Å². The highest BCUT2D eigenvalue weighted by molar-refractivity contribution is 7.89. The van der Waals surface area contributed by atoms with Gasteiger partial charge in [0, 0.05) is 19.6 Å². The van der Waals surface area contributed by atoms with Crippen molar-refractivity contribution in [1.82, 2.24) is 9.62 Å². The summed E-state index contributed by atoms with van der Waals surface area (Å²) in [7, 11) is 0.962. The van der Waals surface area contributed by atoms with Crippen LogP contribution in [0.25, 0.3) is 0 Å². The second-order valence-electron chi connectivity index (χ2n) is 7.77. The van der Waals surface area contributed by atoms with Gasteiger partial charge in [0.1, 0.15) is 0 Å².